The van der Waals surface area contributed by atoms with Crippen molar-refractivity contribution in [3.05, 3.63) is 94.4 Å². The Morgan fingerprint density at radius 3 is 2.60 bits per heavy atom. The zero-order valence-corrected chi connectivity index (χ0v) is 18.0. The summed E-state index contributed by atoms with van der Waals surface area (Å²) in [7, 11) is 0. The number of nitrogens with zero attached hydrogens (tertiary/aromatic N) is 5. The highest BCUT2D eigenvalue weighted by Crippen LogP contribution is 2.31. The minimum absolute atomic E-state index is 0.177. The minimum atomic E-state index is -4.50. The van der Waals surface area contributed by atoms with Gasteiger partial charge < -0.3 is 10.3 Å². The molecule has 0 bridgehead atoms. The number of carbonyl (C=O) groups excluding carboxylic acids is 1. The van der Waals surface area contributed by atoms with E-state index in [9.17, 15) is 22.8 Å². The molecule has 0 saturated heterocycles. The zero-order chi connectivity index (χ0) is 24.7. The van der Waals surface area contributed by atoms with Crippen molar-refractivity contribution in [2.24, 2.45) is 0 Å². The second-order valence-corrected chi connectivity index (χ2v) is 7.60. The van der Waals surface area contributed by atoms with Crippen LogP contribution in [0.15, 0.2) is 72.0 Å². The third-order valence-corrected chi connectivity index (χ3v) is 5.42. The first-order valence-corrected chi connectivity index (χ1v) is 10.3. The van der Waals surface area contributed by atoms with Crippen LogP contribution in [0.4, 0.5) is 18.9 Å². The Hall–Kier alpha value is -4.74. The second kappa shape index (κ2) is 8.24. The van der Waals surface area contributed by atoms with Gasteiger partial charge in [0.05, 0.1) is 52.6 Å². The molecule has 2 aromatic carbocycles. The minimum Gasteiger partial charge on any atom is -0.320 e. The number of fused-ring (bicyclic) bond motifs is 1. The number of para-hydroxylation sites is 2. The quantitative estimate of drug-likeness (QED) is 0.407. The van der Waals surface area contributed by atoms with Crippen molar-refractivity contribution in [1.29, 1.82) is 0 Å². The molecule has 176 valence electrons. The molecule has 3 heterocycles. The summed E-state index contributed by atoms with van der Waals surface area (Å²) >= 11 is 0. The maximum absolute atomic E-state index is 13.1. The van der Waals surface area contributed by atoms with E-state index in [1.54, 1.807) is 31.2 Å². The molecule has 9 nitrogen and oxygen atoms in total. The molecule has 0 unspecified atom stereocenters. The van der Waals surface area contributed by atoms with Crippen LogP contribution in [0.5, 0.6) is 0 Å². The SMILES string of the molecule is Cc1c(C(=O)Nc2ccccc2-n2ncc3c(=O)[nH]cnc32)cnn1-c1cccc(C(F)(F)F)c1. The van der Waals surface area contributed by atoms with Crippen LogP contribution < -0.4 is 10.9 Å². The summed E-state index contributed by atoms with van der Waals surface area (Å²) in [5.41, 5.74) is 0.714. The first kappa shape index (κ1) is 22.1. The summed E-state index contributed by atoms with van der Waals surface area (Å²) in [4.78, 5) is 31.8. The standard InChI is InChI=1S/C23H16F3N7O2/c1-13-16(10-29-32(13)15-6-4-5-14(9-15)23(24,25)26)22(35)31-18-7-2-3-8-19(18)33-20-17(11-30-33)21(34)28-12-27-20/h2-12H,1H3,(H,31,35)(H,27,28,34). The van der Waals surface area contributed by atoms with Gasteiger partial charge in [0.2, 0.25) is 0 Å². The summed E-state index contributed by atoms with van der Waals surface area (Å²) in [5.74, 6) is -0.518. The molecular weight excluding hydrogens is 463 g/mol. The fourth-order valence-corrected chi connectivity index (χ4v) is 3.69. The van der Waals surface area contributed by atoms with Crippen molar-refractivity contribution >= 4 is 22.6 Å². The Kier molecular flexibility index (Phi) is 5.20. The lowest BCUT2D eigenvalue weighted by Gasteiger charge is -2.12. The van der Waals surface area contributed by atoms with Crippen molar-refractivity contribution < 1.29 is 18.0 Å². The molecule has 5 aromatic rings. The molecule has 0 spiro atoms. The number of nitrogens with one attached hydrogen (secondary N) is 2. The fraction of sp³-hybridized carbons (Fsp3) is 0.0870. The number of halogens is 3. The lowest BCUT2D eigenvalue weighted by molar-refractivity contribution is -0.137. The van der Waals surface area contributed by atoms with Crippen molar-refractivity contribution in [3.8, 4) is 11.4 Å². The number of hydrogen-bond acceptors (Lipinski definition) is 5. The molecule has 0 aliphatic heterocycles. The summed E-state index contributed by atoms with van der Waals surface area (Å²) in [6.45, 7) is 1.59. The monoisotopic (exact) mass is 479 g/mol. The average molecular weight is 479 g/mol. The van der Waals surface area contributed by atoms with Crippen LogP contribution in [0, 0.1) is 6.92 Å². The Balaban J connectivity index is 1.48. The second-order valence-electron chi connectivity index (χ2n) is 7.60. The van der Waals surface area contributed by atoms with Gasteiger partial charge in [-0.3, -0.25) is 9.59 Å². The van der Waals surface area contributed by atoms with E-state index in [1.807, 2.05) is 0 Å². The van der Waals surface area contributed by atoms with Crippen molar-refractivity contribution in [2.45, 2.75) is 13.1 Å². The average Bonchev–Trinajstić information content (AvgIpc) is 3.43. The molecule has 3 aromatic heterocycles. The van der Waals surface area contributed by atoms with Crippen molar-refractivity contribution in [3.63, 3.8) is 0 Å². The van der Waals surface area contributed by atoms with Crippen LogP contribution in [0.25, 0.3) is 22.4 Å². The Morgan fingerprint density at radius 1 is 1.03 bits per heavy atom. The summed E-state index contributed by atoms with van der Waals surface area (Å²) < 4.78 is 42.0. The van der Waals surface area contributed by atoms with E-state index < -0.39 is 17.6 Å². The first-order valence-electron chi connectivity index (χ1n) is 10.3. The number of hydrogen-bond donors (Lipinski definition) is 2. The predicted molar refractivity (Wildman–Crippen MR) is 121 cm³/mol. The summed E-state index contributed by atoms with van der Waals surface area (Å²) in [6, 6.07) is 11.5. The largest absolute Gasteiger partial charge is 0.416 e. The Bertz CT molecular complexity index is 1630. The van der Waals surface area contributed by atoms with Gasteiger partial charge in [-0.2, -0.15) is 23.4 Å². The number of H-pyrrole nitrogens is 1. The predicted octanol–water partition coefficient (Wildman–Crippen LogP) is 3.87. The molecule has 0 fully saturated rings. The Morgan fingerprint density at radius 2 is 1.80 bits per heavy atom. The molecule has 0 radical (unpaired) electrons. The number of benzene rings is 2. The number of rotatable bonds is 4. The third kappa shape index (κ3) is 3.94. The van der Waals surface area contributed by atoms with Crippen LogP contribution in [-0.4, -0.2) is 35.4 Å². The van der Waals surface area contributed by atoms with Crippen LogP contribution in [0.3, 0.4) is 0 Å². The van der Waals surface area contributed by atoms with E-state index in [0.29, 0.717) is 22.7 Å². The first-order chi connectivity index (χ1) is 16.7. The fourth-order valence-electron chi connectivity index (χ4n) is 3.69. The zero-order valence-electron chi connectivity index (χ0n) is 18.0. The highest BCUT2D eigenvalue weighted by molar-refractivity contribution is 6.06. The lowest BCUT2D eigenvalue weighted by Crippen LogP contribution is -2.15. The number of anilines is 1. The van der Waals surface area contributed by atoms with Gasteiger partial charge in [-0.05, 0) is 37.3 Å². The number of aromatic amines is 1. The van der Waals surface area contributed by atoms with Crippen LogP contribution in [0.1, 0.15) is 21.6 Å². The molecule has 35 heavy (non-hydrogen) atoms. The molecule has 2 N–H and O–H groups in total. The van der Waals surface area contributed by atoms with Crippen LogP contribution in [-0.2, 0) is 6.18 Å². The van der Waals surface area contributed by atoms with Gasteiger partial charge >= 0.3 is 6.18 Å². The molecule has 12 heteroatoms. The van der Waals surface area contributed by atoms with E-state index in [-0.39, 0.29) is 22.2 Å². The van der Waals surface area contributed by atoms with Crippen LogP contribution >= 0.6 is 0 Å². The number of carbonyl (C=O) groups is 1. The van der Waals surface area contributed by atoms with E-state index >= 15 is 0 Å². The van der Waals surface area contributed by atoms with Gasteiger partial charge in [-0.1, -0.05) is 18.2 Å². The molecule has 0 atom stereocenters. The maximum atomic E-state index is 13.1. The summed E-state index contributed by atoms with van der Waals surface area (Å²) in [6.07, 6.45) is -0.575. The molecule has 0 aliphatic rings. The van der Waals surface area contributed by atoms with E-state index in [4.69, 9.17) is 0 Å². The maximum Gasteiger partial charge on any atom is 0.416 e. The highest BCUT2D eigenvalue weighted by atomic mass is 19.4. The van der Waals surface area contributed by atoms with Crippen molar-refractivity contribution in [1.82, 2.24) is 29.5 Å². The molecule has 0 aliphatic carbocycles. The van der Waals surface area contributed by atoms with Gasteiger partial charge in [0.15, 0.2) is 5.65 Å². The molecule has 0 saturated carbocycles. The Labute approximate surface area is 194 Å². The summed E-state index contributed by atoms with van der Waals surface area (Å²) in [5, 5.41) is 11.4. The number of alkyl halides is 3. The smallest absolute Gasteiger partial charge is 0.320 e. The van der Waals surface area contributed by atoms with E-state index in [2.05, 4.69) is 25.5 Å². The topological polar surface area (TPSA) is 110 Å². The van der Waals surface area contributed by atoms with E-state index in [1.165, 1.54) is 40.2 Å². The molecular formula is C23H16F3N7O2. The van der Waals surface area contributed by atoms with Crippen LogP contribution in [0.2, 0.25) is 0 Å². The number of aromatic nitrogens is 6. The molecule has 1 amide bonds. The van der Waals surface area contributed by atoms with Gasteiger partial charge in [-0.25, -0.2) is 14.3 Å². The third-order valence-electron chi connectivity index (χ3n) is 5.42. The van der Waals surface area contributed by atoms with Gasteiger partial charge in [0, 0.05) is 0 Å². The highest BCUT2D eigenvalue weighted by Gasteiger charge is 2.31. The lowest BCUT2D eigenvalue weighted by atomic mass is 10.2. The van der Waals surface area contributed by atoms with Gasteiger partial charge in [-0.15, -0.1) is 0 Å². The number of amides is 1. The normalized spacial score (nSPS) is 11.7. The van der Waals surface area contributed by atoms with E-state index in [0.717, 1.165) is 12.1 Å². The van der Waals surface area contributed by atoms with Gasteiger partial charge in [0.1, 0.15) is 5.39 Å². The molecule has 5 rings (SSSR count). The van der Waals surface area contributed by atoms with Crippen molar-refractivity contribution in [2.75, 3.05) is 5.32 Å². The van der Waals surface area contributed by atoms with Gasteiger partial charge in [0.25, 0.3) is 11.5 Å².